The number of aryl methyl sites for hydroxylation is 2. The van der Waals surface area contributed by atoms with Gasteiger partial charge < -0.3 is 10.2 Å². The first-order valence-corrected chi connectivity index (χ1v) is 16.6. The lowest BCUT2D eigenvalue weighted by Crippen LogP contribution is -2.54. The molecule has 1 atom stereocenters. The molecule has 4 rings (SSSR count). The van der Waals surface area contributed by atoms with Crippen LogP contribution in [0.5, 0.6) is 0 Å². The van der Waals surface area contributed by atoms with E-state index in [1.165, 1.54) is 4.90 Å². The van der Waals surface area contributed by atoms with E-state index in [1.807, 2.05) is 74.5 Å². The number of rotatable bonds is 11. The minimum absolute atomic E-state index is 0.0756. The van der Waals surface area contributed by atoms with Crippen molar-refractivity contribution in [2.75, 3.05) is 17.1 Å². The summed E-state index contributed by atoms with van der Waals surface area (Å²) in [5, 5.41) is 3.19. The Labute approximate surface area is 252 Å². The molecule has 0 bridgehead atoms. The van der Waals surface area contributed by atoms with Gasteiger partial charge in [0.1, 0.15) is 12.6 Å². The molecule has 0 radical (unpaired) electrons. The number of hydrogen-bond acceptors (Lipinski definition) is 4. The molecule has 1 saturated carbocycles. The van der Waals surface area contributed by atoms with Gasteiger partial charge in [0.25, 0.3) is 0 Å². The fraction of sp³-hybridized carbons (Fsp3) is 0.375. The van der Waals surface area contributed by atoms with Gasteiger partial charge in [-0.1, -0.05) is 77.3 Å². The largest absolute Gasteiger partial charge is 0.352 e. The van der Waals surface area contributed by atoms with Crippen LogP contribution in [0.25, 0.3) is 0 Å². The van der Waals surface area contributed by atoms with Crippen LogP contribution < -0.4 is 9.62 Å². The number of anilines is 1. The molecule has 9 heteroatoms. The topological polar surface area (TPSA) is 86.8 Å². The van der Waals surface area contributed by atoms with Crippen molar-refractivity contribution >= 4 is 43.5 Å². The van der Waals surface area contributed by atoms with Gasteiger partial charge in [-0.3, -0.25) is 13.9 Å². The van der Waals surface area contributed by atoms with Gasteiger partial charge in [-0.05, 0) is 73.2 Å². The number of carbonyl (C=O) groups excluding carboxylic acids is 2. The summed E-state index contributed by atoms with van der Waals surface area (Å²) in [6.45, 7) is 3.59. The zero-order chi connectivity index (χ0) is 29.6. The van der Waals surface area contributed by atoms with Gasteiger partial charge in [0.05, 0.1) is 11.9 Å². The summed E-state index contributed by atoms with van der Waals surface area (Å²) >= 11 is 3.51. The van der Waals surface area contributed by atoms with Crippen molar-refractivity contribution < 1.29 is 18.0 Å². The third-order valence-corrected chi connectivity index (χ3v) is 9.31. The van der Waals surface area contributed by atoms with Gasteiger partial charge in [0.15, 0.2) is 0 Å². The van der Waals surface area contributed by atoms with Gasteiger partial charge in [-0.25, -0.2) is 8.42 Å². The van der Waals surface area contributed by atoms with E-state index >= 15 is 0 Å². The first-order chi connectivity index (χ1) is 19.5. The fourth-order valence-corrected chi connectivity index (χ4v) is 6.54. The molecule has 218 valence electrons. The van der Waals surface area contributed by atoms with E-state index in [0.29, 0.717) is 12.1 Å². The number of amides is 2. The molecule has 1 aliphatic rings. The molecule has 3 aromatic carbocycles. The minimum atomic E-state index is -3.80. The molecule has 0 unspecified atom stereocenters. The summed E-state index contributed by atoms with van der Waals surface area (Å²) < 4.78 is 27.9. The van der Waals surface area contributed by atoms with Crippen LogP contribution in [0.4, 0.5) is 5.69 Å². The van der Waals surface area contributed by atoms with Crippen molar-refractivity contribution in [1.29, 1.82) is 0 Å². The van der Waals surface area contributed by atoms with Crippen LogP contribution in [0.2, 0.25) is 0 Å². The fourth-order valence-electron chi connectivity index (χ4n) is 5.25. The predicted octanol–water partition coefficient (Wildman–Crippen LogP) is 5.53. The van der Waals surface area contributed by atoms with Gasteiger partial charge in [0.2, 0.25) is 21.8 Å². The molecule has 2 amide bonds. The van der Waals surface area contributed by atoms with Crippen LogP contribution in [0.1, 0.15) is 47.9 Å². The predicted molar refractivity (Wildman–Crippen MR) is 167 cm³/mol. The van der Waals surface area contributed by atoms with E-state index in [4.69, 9.17) is 0 Å². The van der Waals surface area contributed by atoms with Crippen molar-refractivity contribution in [2.24, 2.45) is 0 Å². The molecule has 0 aliphatic heterocycles. The monoisotopic (exact) mass is 639 g/mol. The third-order valence-electron chi connectivity index (χ3n) is 7.67. The van der Waals surface area contributed by atoms with Crippen molar-refractivity contribution in [3.05, 3.63) is 99.5 Å². The minimum Gasteiger partial charge on any atom is -0.352 e. The van der Waals surface area contributed by atoms with Gasteiger partial charge >= 0.3 is 0 Å². The molecule has 0 heterocycles. The molecule has 41 heavy (non-hydrogen) atoms. The Balaban J connectivity index is 1.73. The normalized spacial score (nSPS) is 14.4. The summed E-state index contributed by atoms with van der Waals surface area (Å²) in [6, 6.07) is 21.8. The Morgan fingerprint density at radius 1 is 0.927 bits per heavy atom. The molecule has 1 aliphatic carbocycles. The molecule has 3 aromatic rings. The average Bonchev–Trinajstić information content (AvgIpc) is 3.44. The second-order valence-electron chi connectivity index (χ2n) is 10.9. The molecule has 0 aromatic heterocycles. The van der Waals surface area contributed by atoms with Crippen molar-refractivity contribution in [2.45, 2.75) is 64.6 Å². The number of halogens is 1. The highest BCUT2D eigenvalue weighted by Gasteiger charge is 2.34. The Morgan fingerprint density at radius 3 is 2.24 bits per heavy atom. The lowest BCUT2D eigenvalue weighted by atomic mass is 10.0. The molecule has 1 fully saturated rings. The standard InChI is InChI=1S/C32H38BrN3O4S/c1-23-16-17-29(18-24(23)2)36(41(3,39)40)22-31(37)35(21-26-12-9-13-27(33)19-26)30(20-25-10-5-4-6-11-25)32(38)34-28-14-7-8-15-28/h4-6,9-13,16-19,28,30H,7-8,14-15,20-22H2,1-3H3,(H,34,38)/t30-/m0/s1. The Kier molecular flexibility index (Phi) is 10.3. The highest BCUT2D eigenvalue weighted by atomic mass is 79.9. The third kappa shape index (κ3) is 8.42. The maximum absolute atomic E-state index is 14.2. The van der Waals surface area contributed by atoms with E-state index in [0.717, 1.165) is 63.0 Å². The van der Waals surface area contributed by atoms with Crippen LogP contribution in [0, 0.1) is 13.8 Å². The highest BCUT2D eigenvalue weighted by Crippen LogP contribution is 2.24. The van der Waals surface area contributed by atoms with Crippen LogP contribution >= 0.6 is 15.9 Å². The molecule has 1 N–H and O–H groups in total. The zero-order valence-corrected chi connectivity index (χ0v) is 26.2. The van der Waals surface area contributed by atoms with Crippen molar-refractivity contribution in [3.8, 4) is 0 Å². The average molecular weight is 641 g/mol. The number of sulfonamides is 1. The number of hydrogen-bond donors (Lipinski definition) is 1. The SMILES string of the molecule is Cc1ccc(N(CC(=O)N(Cc2cccc(Br)c2)[C@@H](Cc2ccccc2)C(=O)NC2CCCC2)S(C)(=O)=O)cc1C. The Morgan fingerprint density at radius 2 is 1.61 bits per heavy atom. The number of nitrogens with one attached hydrogen (secondary N) is 1. The second-order valence-corrected chi connectivity index (χ2v) is 13.7. The molecular weight excluding hydrogens is 602 g/mol. The summed E-state index contributed by atoms with van der Waals surface area (Å²) in [4.78, 5) is 29.7. The quantitative estimate of drug-likeness (QED) is 0.299. The van der Waals surface area contributed by atoms with E-state index in [-0.39, 0.29) is 18.5 Å². The smallest absolute Gasteiger partial charge is 0.244 e. The van der Waals surface area contributed by atoms with E-state index in [2.05, 4.69) is 21.2 Å². The second kappa shape index (κ2) is 13.7. The summed E-state index contributed by atoms with van der Waals surface area (Å²) in [7, 11) is -3.80. The maximum Gasteiger partial charge on any atom is 0.244 e. The van der Waals surface area contributed by atoms with Gasteiger partial charge in [-0.15, -0.1) is 0 Å². The maximum atomic E-state index is 14.2. The molecular formula is C32H38BrN3O4S. The van der Waals surface area contributed by atoms with Crippen LogP contribution in [0.3, 0.4) is 0 Å². The summed E-state index contributed by atoms with van der Waals surface area (Å²) in [5.41, 5.74) is 4.11. The van der Waals surface area contributed by atoms with Crippen molar-refractivity contribution in [1.82, 2.24) is 10.2 Å². The summed E-state index contributed by atoms with van der Waals surface area (Å²) in [5.74, 6) is -0.669. The molecule has 0 saturated heterocycles. The number of benzene rings is 3. The first-order valence-electron chi connectivity index (χ1n) is 13.9. The number of nitrogens with zero attached hydrogens (tertiary/aromatic N) is 2. The lowest BCUT2D eigenvalue weighted by molar-refractivity contribution is -0.140. The van der Waals surface area contributed by atoms with Gasteiger partial charge in [0, 0.05) is 23.5 Å². The van der Waals surface area contributed by atoms with Gasteiger partial charge in [-0.2, -0.15) is 0 Å². The van der Waals surface area contributed by atoms with Crippen molar-refractivity contribution in [3.63, 3.8) is 0 Å². The van der Waals surface area contributed by atoms with E-state index in [1.54, 1.807) is 12.1 Å². The lowest BCUT2D eigenvalue weighted by Gasteiger charge is -2.34. The van der Waals surface area contributed by atoms with Crippen LogP contribution in [-0.2, 0) is 32.6 Å². The summed E-state index contributed by atoms with van der Waals surface area (Å²) in [6.07, 6.45) is 5.36. The Hall–Kier alpha value is -3.17. The van der Waals surface area contributed by atoms with E-state index in [9.17, 15) is 18.0 Å². The van der Waals surface area contributed by atoms with Crippen LogP contribution in [0.15, 0.2) is 77.3 Å². The first kappa shape index (κ1) is 30.8. The molecule has 7 nitrogen and oxygen atoms in total. The van der Waals surface area contributed by atoms with Crippen LogP contribution in [-0.4, -0.2) is 50.0 Å². The zero-order valence-electron chi connectivity index (χ0n) is 23.8. The number of carbonyl (C=O) groups is 2. The Bertz CT molecular complexity index is 1470. The van der Waals surface area contributed by atoms with E-state index < -0.39 is 28.5 Å². The molecule has 0 spiro atoms. The highest BCUT2D eigenvalue weighted by molar-refractivity contribution is 9.10.